The molecule has 0 radical (unpaired) electrons. The number of rotatable bonds is 5. The number of amides is 3. The van der Waals surface area contributed by atoms with Gasteiger partial charge in [-0.15, -0.1) is 0 Å². The van der Waals surface area contributed by atoms with Crippen LogP contribution in [0, 0.1) is 0 Å². The first-order valence-electron chi connectivity index (χ1n) is 3.54. The lowest BCUT2D eigenvalue weighted by atomic mass is 10.4. The van der Waals surface area contributed by atoms with Gasteiger partial charge in [-0.05, 0) is 0 Å². The van der Waals surface area contributed by atoms with Crippen molar-refractivity contribution in [3.63, 3.8) is 0 Å². The zero-order valence-electron chi connectivity index (χ0n) is 6.87. The van der Waals surface area contributed by atoms with E-state index in [1.54, 1.807) is 0 Å². The van der Waals surface area contributed by atoms with Crippen LogP contribution in [0.25, 0.3) is 0 Å². The fourth-order valence-electron chi connectivity index (χ4n) is 0.579. The molecular weight excluding hydrogens is 178 g/mol. The van der Waals surface area contributed by atoms with E-state index in [0.717, 1.165) is 0 Å². The first-order valence-corrected chi connectivity index (χ1v) is 3.54. The Hall–Kier alpha value is -1.63. The summed E-state index contributed by atoms with van der Waals surface area (Å²) in [7, 11) is 0. The van der Waals surface area contributed by atoms with E-state index in [9.17, 15) is 14.4 Å². The summed E-state index contributed by atoms with van der Waals surface area (Å²) >= 11 is 0. The van der Waals surface area contributed by atoms with Crippen LogP contribution in [-0.4, -0.2) is 36.1 Å². The average molecular weight is 189 g/mol. The van der Waals surface area contributed by atoms with Crippen molar-refractivity contribution in [2.45, 2.75) is 6.42 Å². The summed E-state index contributed by atoms with van der Waals surface area (Å²) in [4.78, 5) is 30.8. The molecule has 0 aromatic rings. The number of hydrogen-bond acceptors (Lipinski definition) is 4. The van der Waals surface area contributed by atoms with E-state index in [-0.39, 0.29) is 19.5 Å². The fourth-order valence-corrected chi connectivity index (χ4v) is 0.579. The summed E-state index contributed by atoms with van der Waals surface area (Å²) in [6.07, 6.45) is -0.0795. The molecule has 0 unspecified atom stereocenters. The maximum atomic E-state index is 10.7. The smallest absolute Gasteiger partial charge is 0.318 e. The summed E-state index contributed by atoms with van der Waals surface area (Å²) in [6.45, 7) is 0.0394. The Morgan fingerprint density at radius 1 is 1.31 bits per heavy atom. The predicted octanol–water partition coefficient (Wildman–Crippen LogP) is -1.75. The number of carboxylic acid groups (broad SMARTS) is 1. The van der Waals surface area contributed by atoms with Gasteiger partial charge in [-0.25, -0.2) is 4.79 Å². The number of carbonyl (C=O) groups is 3. The number of aliphatic carboxylic acids is 1. The van der Waals surface area contributed by atoms with Gasteiger partial charge in [-0.3, -0.25) is 14.9 Å². The van der Waals surface area contributed by atoms with Crippen molar-refractivity contribution in [2.24, 2.45) is 5.73 Å². The minimum atomic E-state index is -0.956. The van der Waals surface area contributed by atoms with E-state index < -0.39 is 17.9 Å². The highest BCUT2D eigenvalue weighted by Gasteiger charge is 2.03. The van der Waals surface area contributed by atoms with Crippen molar-refractivity contribution < 1.29 is 19.5 Å². The molecule has 0 saturated heterocycles. The second-order valence-electron chi connectivity index (χ2n) is 2.23. The van der Waals surface area contributed by atoms with E-state index in [0.29, 0.717) is 0 Å². The van der Waals surface area contributed by atoms with Crippen molar-refractivity contribution >= 4 is 17.9 Å². The Bertz CT molecular complexity index is 216. The number of nitrogens with one attached hydrogen (secondary N) is 2. The zero-order valence-corrected chi connectivity index (χ0v) is 6.87. The van der Waals surface area contributed by atoms with E-state index in [1.165, 1.54) is 0 Å². The summed E-state index contributed by atoms with van der Waals surface area (Å²) in [6, 6.07) is -0.926. The van der Waals surface area contributed by atoms with Crippen molar-refractivity contribution in [1.82, 2.24) is 10.6 Å². The summed E-state index contributed by atoms with van der Waals surface area (Å²) in [5.74, 6) is -1.54. The lowest BCUT2D eigenvalue weighted by Crippen LogP contribution is -2.40. The molecule has 0 aliphatic carbocycles. The zero-order chi connectivity index (χ0) is 10.3. The molecule has 74 valence electrons. The monoisotopic (exact) mass is 189 g/mol. The normalized spacial score (nSPS) is 9.23. The largest absolute Gasteiger partial charge is 0.481 e. The number of urea groups is 1. The number of imide groups is 1. The van der Waals surface area contributed by atoms with E-state index >= 15 is 0 Å². The van der Waals surface area contributed by atoms with Crippen LogP contribution < -0.4 is 16.4 Å². The van der Waals surface area contributed by atoms with E-state index in [4.69, 9.17) is 5.11 Å². The van der Waals surface area contributed by atoms with Crippen LogP contribution in [0.3, 0.4) is 0 Å². The minimum Gasteiger partial charge on any atom is -0.481 e. The SMILES string of the molecule is NC(=O)NC(=O)CNCCC(=O)O. The molecule has 7 heteroatoms. The van der Waals surface area contributed by atoms with Gasteiger partial charge in [-0.1, -0.05) is 0 Å². The van der Waals surface area contributed by atoms with Gasteiger partial charge in [0.25, 0.3) is 0 Å². The second kappa shape index (κ2) is 5.95. The maximum Gasteiger partial charge on any atom is 0.318 e. The van der Waals surface area contributed by atoms with Crippen LogP contribution in [0.5, 0.6) is 0 Å². The molecule has 7 nitrogen and oxygen atoms in total. The van der Waals surface area contributed by atoms with Crippen molar-refractivity contribution in [2.75, 3.05) is 13.1 Å². The number of primary amides is 1. The highest BCUT2D eigenvalue weighted by atomic mass is 16.4. The molecule has 0 aliphatic rings. The molecule has 0 aromatic heterocycles. The summed E-state index contributed by atoms with van der Waals surface area (Å²) < 4.78 is 0. The van der Waals surface area contributed by atoms with Crippen LogP contribution in [0.15, 0.2) is 0 Å². The summed E-state index contributed by atoms with van der Waals surface area (Å²) in [5.41, 5.74) is 4.65. The van der Waals surface area contributed by atoms with Crippen molar-refractivity contribution in [3.8, 4) is 0 Å². The third-order valence-corrected chi connectivity index (χ3v) is 1.06. The van der Waals surface area contributed by atoms with Gasteiger partial charge < -0.3 is 16.2 Å². The number of nitrogens with two attached hydrogens (primary N) is 1. The van der Waals surface area contributed by atoms with Crippen LogP contribution in [0.2, 0.25) is 0 Å². The molecule has 0 aliphatic heterocycles. The lowest BCUT2D eigenvalue weighted by molar-refractivity contribution is -0.137. The van der Waals surface area contributed by atoms with E-state index in [1.807, 2.05) is 5.32 Å². The molecule has 0 bridgehead atoms. The quantitative estimate of drug-likeness (QED) is 0.382. The minimum absolute atomic E-state index is 0.0795. The third kappa shape index (κ3) is 8.27. The van der Waals surface area contributed by atoms with Crippen LogP contribution in [-0.2, 0) is 9.59 Å². The topological polar surface area (TPSA) is 122 Å². The van der Waals surface area contributed by atoms with Gasteiger partial charge in [0.2, 0.25) is 5.91 Å². The Morgan fingerprint density at radius 3 is 2.38 bits per heavy atom. The fraction of sp³-hybridized carbons (Fsp3) is 0.500. The second-order valence-corrected chi connectivity index (χ2v) is 2.23. The average Bonchev–Trinajstić information content (AvgIpc) is 1.96. The maximum absolute atomic E-state index is 10.7. The van der Waals surface area contributed by atoms with Crippen LogP contribution in [0.1, 0.15) is 6.42 Å². The first kappa shape index (κ1) is 11.4. The van der Waals surface area contributed by atoms with Gasteiger partial charge in [0, 0.05) is 6.54 Å². The van der Waals surface area contributed by atoms with Crippen LogP contribution >= 0.6 is 0 Å². The highest BCUT2D eigenvalue weighted by molar-refractivity contribution is 5.94. The molecule has 0 heterocycles. The molecule has 0 fully saturated rings. The lowest BCUT2D eigenvalue weighted by Gasteiger charge is -2.01. The Labute approximate surface area is 74.3 Å². The van der Waals surface area contributed by atoms with Gasteiger partial charge >= 0.3 is 12.0 Å². The standard InChI is InChI=1S/C6H11N3O4/c7-6(13)9-4(10)3-8-2-1-5(11)12/h8H,1-3H2,(H,11,12)(H3,7,9,10,13). The Kier molecular flexibility index (Phi) is 5.20. The number of carboxylic acids is 1. The number of carbonyl (C=O) groups excluding carboxylic acids is 2. The molecule has 0 spiro atoms. The molecule has 0 aromatic carbocycles. The van der Waals surface area contributed by atoms with E-state index in [2.05, 4.69) is 11.1 Å². The van der Waals surface area contributed by atoms with Crippen molar-refractivity contribution in [1.29, 1.82) is 0 Å². The molecule has 3 amide bonds. The summed E-state index contributed by atoms with van der Waals surface area (Å²) in [5, 5.41) is 12.6. The molecule has 0 saturated carbocycles. The van der Waals surface area contributed by atoms with Gasteiger partial charge in [0.1, 0.15) is 0 Å². The molecule has 13 heavy (non-hydrogen) atoms. The van der Waals surface area contributed by atoms with Crippen LogP contribution in [0.4, 0.5) is 4.79 Å². The van der Waals surface area contributed by atoms with Gasteiger partial charge in [0.05, 0.1) is 13.0 Å². The molecular formula is C6H11N3O4. The Balaban J connectivity index is 3.37. The van der Waals surface area contributed by atoms with Gasteiger partial charge in [0.15, 0.2) is 0 Å². The third-order valence-electron chi connectivity index (χ3n) is 1.06. The molecule has 0 rings (SSSR count). The molecule has 0 atom stereocenters. The molecule has 5 N–H and O–H groups in total. The number of hydrogen-bond donors (Lipinski definition) is 4. The van der Waals surface area contributed by atoms with Gasteiger partial charge in [-0.2, -0.15) is 0 Å². The first-order chi connectivity index (χ1) is 6.02. The highest BCUT2D eigenvalue weighted by Crippen LogP contribution is 1.74. The Morgan fingerprint density at radius 2 is 1.92 bits per heavy atom. The van der Waals surface area contributed by atoms with Crippen molar-refractivity contribution in [3.05, 3.63) is 0 Å². The predicted molar refractivity (Wildman–Crippen MR) is 42.8 cm³/mol.